The number of hydrogen-bond donors (Lipinski definition) is 0. The largest absolute Gasteiger partial charge is 0.298 e. The molecule has 0 spiro atoms. The highest BCUT2D eigenvalue weighted by Crippen LogP contribution is 2.24. The summed E-state index contributed by atoms with van der Waals surface area (Å²) in [7, 11) is 1.72. The van der Waals surface area contributed by atoms with Crippen LogP contribution in [0.1, 0.15) is 32.1 Å². The molecular weight excluding hydrogens is 264 g/mol. The summed E-state index contributed by atoms with van der Waals surface area (Å²) in [6, 6.07) is 4.79. The van der Waals surface area contributed by atoms with Gasteiger partial charge in [-0.1, -0.05) is 19.3 Å². The van der Waals surface area contributed by atoms with E-state index in [2.05, 4.69) is 14.9 Å². The third-order valence-electron chi connectivity index (χ3n) is 4.68. The first-order valence-corrected chi connectivity index (χ1v) is 8.11. The minimum Gasteiger partial charge on any atom is -0.298 e. The first-order valence-electron chi connectivity index (χ1n) is 8.11. The van der Waals surface area contributed by atoms with Crippen LogP contribution in [0.2, 0.25) is 0 Å². The van der Waals surface area contributed by atoms with E-state index in [0.29, 0.717) is 0 Å². The lowest BCUT2D eigenvalue weighted by Crippen LogP contribution is -2.56. The van der Waals surface area contributed by atoms with Crippen molar-refractivity contribution >= 4 is 5.69 Å². The van der Waals surface area contributed by atoms with E-state index in [-0.39, 0.29) is 0 Å². The van der Waals surface area contributed by atoms with Crippen molar-refractivity contribution in [2.45, 2.75) is 38.1 Å². The Morgan fingerprint density at radius 2 is 1.90 bits per heavy atom. The summed E-state index contributed by atoms with van der Waals surface area (Å²) >= 11 is 0. The lowest BCUT2D eigenvalue weighted by molar-refractivity contribution is -0.0162. The van der Waals surface area contributed by atoms with Crippen molar-refractivity contribution < 1.29 is 4.84 Å². The van der Waals surface area contributed by atoms with Crippen LogP contribution in [0.15, 0.2) is 24.5 Å². The maximum atomic E-state index is 5.56. The van der Waals surface area contributed by atoms with E-state index >= 15 is 0 Å². The van der Waals surface area contributed by atoms with Gasteiger partial charge in [-0.05, 0) is 25.0 Å². The van der Waals surface area contributed by atoms with Gasteiger partial charge in [0.05, 0.1) is 13.3 Å². The summed E-state index contributed by atoms with van der Waals surface area (Å²) in [5, 5.41) is 4.15. The maximum Gasteiger partial charge on any atom is 0.101 e. The normalized spacial score (nSPS) is 22.3. The monoisotopic (exact) mass is 290 g/mol. The zero-order valence-corrected chi connectivity index (χ0v) is 12.9. The van der Waals surface area contributed by atoms with E-state index in [1.54, 1.807) is 13.3 Å². The Morgan fingerprint density at radius 1 is 1.14 bits per heavy atom. The predicted octanol–water partition coefficient (Wildman–Crippen LogP) is 2.31. The van der Waals surface area contributed by atoms with Gasteiger partial charge in [0.2, 0.25) is 0 Å². The molecule has 0 unspecified atom stereocenters. The van der Waals surface area contributed by atoms with Gasteiger partial charge in [0, 0.05) is 38.4 Å². The first-order chi connectivity index (χ1) is 10.4. The predicted molar refractivity (Wildman–Crippen MR) is 83.7 cm³/mol. The van der Waals surface area contributed by atoms with Gasteiger partial charge in [-0.15, -0.1) is 0 Å². The molecule has 0 radical (unpaired) electrons. The second-order valence-corrected chi connectivity index (χ2v) is 5.95. The molecule has 1 aliphatic carbocycles. The number of pyridine rings is 1. The van der Waals surface area contributed by atoms with E-state index < -0.39 is 0 Å². The lowest BCUT2D eigenvalue weighted by Gasteiger charge is -2.43. The SMILES string of the molecule is CON(c1cccnc1)N1CCN(C2CCCCC2)CC1. The number of hydrazine groups is 1. The fourth-order valence-corrected chi connectivity index (χ4v) is 3.56. The van der Waals surface area contributed by atoms with Gasteiger partial charge < -0.3 is 0 Å². The standard InChI is InChI=1S/C16H26N4O/c1-21-20(16-8-5-9-17-14-16)19-12-10-18(11-13-19)15-6-3-2-4-7-15/h5,8-9,14-15H,2-4,6-7,10-13H2,1H3. The smallest absolute Gasteiger partial charge is 0.101 e. The van der Waals surface area contributed by atoms with E-state index in [0.717, 1.165) is 37.9 Å². The molecular formula is C16H26N4O. The first kappa shape index (κ1) is 14.8. The summed E-state index contributed by atoms with van der Waals surface area (Å²) < 4.78 is 0. The Labute approximate surface area is 127 Å². The van der Waals surface area contributed by atoms with Gasteiger partial charge in [-0.25, -0.2) is 0 Å². The molecule has 1 aromatic rings. The quantitative estimate of drug-likeness (QED) is 0.795. The summed E-state index contributed by atoms with van der Waals surface area (Å²) in [6.45, 7) is 4.29. The van der Waals surface area contributed by atoms with Gasteiger partial charge in [-0.2, -0.15) is 10.2 Å². The molecule has 1 saturated heterocycles. The van der Waals surface area contributed by atoms with Crippen LogP contribution < -0.4 is 5.17 Å². The van der Waals surface area contributed by atoms with Gasteiger partial charge in [0.1, 0.15) is 5.69 Å². The average Bonchev–Trinajstić information content (AvgIpc) is 2.58. The zero-order valence-electron chi connectivity index (χ0n) is 12.9. The molecule has 116 valence electrons. The number of piperazine rings is 1. The number of rotatable bonds is 4. The summed E-state index contributed by atoms with van der Waals surface area (Å²) in [5.41, 5.74) is 0.992. The minimum atomic E-state index is 0.815. The van der Waals surface area contributed by atoms with Crippen molar-refractivity contribution in [2.24, 2.45) is 0 Å². The molecule has 3 rings (SSSR count). The fraction of sp³-hybridized carbons (Fsp3) is 0.688. The van der Waals surface area contributed by atoms with Gasteiger partial charge in [-0.3, -0.25) is 14.7 Å². The molecule has 0 atom stereocenters. The molecule has 0 N–H and O–H groups in total. The Hall–Kier alpha value is -1.17. The second-order valence-electron chi connectivity index (χ2n) is 5.95. The van der Waals surface area contributed by atoms with Crippen molar-refractivity contribution in [1.29, 1.82) is 0 Å². The van der Waals surface area contributed by atoms with E-state index in [9.17, 15) is 0 Å². The second kappa shape index (κ2) is 7.20. The average molecular weight is 290 g/mol. The highest BCUT2D eigenvalue weighted by molar-refractivity contribution is 5.39. The summed E-state index contributed by atoms with van der Waals surface area (Å²) in [6.07, 6.45) is 10.6. The Balaban J connectivity index is 1.56. The van der Waals surface area contributed by atoms with Crippen LogP contribution in [-0.2, 0) is 4.84 Å². The summed E-state index contributed by atoms with van der Waals surface area (Å²) in [4.78, 5) is 12.4. The third-order valence-corrected chi connectivity index (χ3v) is 4.68. The molecule has 5 nitrogen and oxygen atoms in total. The molecule has 0 amide bonds. The van der Waals surface area contributed by atoms with Crippen LogP contribution in [0, 0.1) is 0 Å². The highest BCUT2D eigenvalue weighted by Gasteiger charge is 2.27. The molecule has 1 aliphatic heterocycles. The van der Waals surface area contributed by atoms with Crippen LogP contribution in [0.4, 0.5) is 5.69 Å². The molecule has 2 heterocycles. The highest BCUT2D eigenvalue weighted by atomic mass is 16.7. The Bertz CT molecular complexity index is 414. The molecule has 1 saturated carbocycles. The van der Waals surface area contributed by atoms with E-state index in [4.69, 9.17) is 4.84 Å². The molecule has 0 bridgehead atoms. The zero-order chi connectivity index (χ0) is 14.5. The number of nitrogens with zero attached hydrogens (tertiary/aromatic N) is 4. The van der Waals surface area contributed by atoms with Crippen LogP contribution in [0.3, 0.4) is 0 Å². The van der Waals surface area contributed by atoms with Crippen LogP contribution in [0.25, 0.3) is 0 Å². The molecule has 5 heteroatoms. The maximum absolute atomic E-state index is 5.56. The number of anilines is 1. The summed E-state index contributed by atoms with van der Waals surface area (Å²) in [5.74, 6) is 0. The molecule has 2 aliphatic rings. The number of hydrogen-bond acceptors (Lipinski definition) is 5. The van der Waals surface area contributed by atoms with Crippen molar-refractivity contribution in [1.82, 2.24) is 14.9 Å². The van der Waals surface area contributed by atoms with Crippen LogP contribution in [-0.4, -0.2) is 54.2 Å². The molecule has 21 heavy (non-hydrogen) atoms. The Kier molecular flexibility index (Phi) is 5.06. The minimum absolute atomic E-state index is 0.815. The molecule has 1 aromatic heterocycles. The van der Waals surface area contributed by atoms with Crippen LogP contribution >= 0.6 is 0 Å². The van der Waals surface area contributed by atoms with Gasteiger partial charge in [0.15, 0.2) is 0 Å². The van der Waals surface area contributed by atoms with Gasteiger partial charge in [0.25, 0.3) is 0 Å². The fourth-order valence-electron chi connectivity index (χ4n) is 3.56. The van der Waals surface area contributed by atoms with Crippen molar-refractivity contribution in [2.75, 3.05) is 38.5 Å². The van der Waals surface area contributed by atoms with Crippen LogP contribution in [0.5, 0.6) is 0 Å². The van der Waals surface area contributed by atoms with Crippen molar-refractivity contribution in [3.8, 4) is 0 Å². The Morgan fingerprint density at radius 3 is 2.52 bits per heavy atom. The third kappa shape index (κ3) is 3.54. The van der Waals surface area contributed by atoms with Crippen molar-refractivity contribution in [3.63, 3.8) is 0 Å². The van der Waals surface area contributed by atoms with E-state index in [1.165, 1.54) is 32.1 Å². The molecule has 2 fully saturated rings. The van der Waals surface area contributed by atoms with Crippen molar-refractivity contribution in [3.05, 3.63) is 24.5 Å². The lowest BCUT2D eigenvalue weighted by atomic mass is 9.94. The van der Waals surface area contributed by atoms with Gasteiger partial charge >= 0.3 is 0 Å². The van der Waals surface area contributed by atoms with E-state index in [1.807, 2.05) is 23.5 Å². The topological polar surface area (TPSA) is 31.8 Å². The number of aromatic nitrogens is 1. The molecule has 0 aromatic carbocycles.